The molecule has 1 unspecified atom stereocenters. The Labute approximate surface area is 131 Å². The van der Waals surface area contributed by atoms with Gasteiger partial charge in [-0.2, -0.15) is 0 Å². The van der Waals surface area contributed by atoms with Crippen LogP contribution in [0.4, 0.5) is 9.59 Å². The average Bonchev–Trinajstić information content (AvgIpc) is 2.52. The number of hydrogen-bond donors (Lipinski definition) is 3. The molecule has 1 aliphatic rings. The molecule has 0 aromatic carbocycles. The molecule has 2 amide bonds. The van der Waals surface area contributed by atoms with Crippen LogP contribution in [-0.4, -0.2) is 46.7 Å². The molecule has 0 aromatic rings. The minimum absolute atomic E-state index is 0.361. The summed E-state index contributed by atoms with van der Waals surface area (Å²) in [5.74, 6) is 0. The second-order valence-electron chi connectivity index (χ2n) is 7.63. The molecule has 3 atom stereocenters. The van der Waals surface area contributed by atoms with E-state index in [2.05, 4.69) is 10.6 Å². The lowest BCUT2D eigenvalue weighted by atomic mass is 10.1. The molecular formula is C15H28N2O5. The van der Waals surface area contributed by atoms with E-state index in [1.54, 1.807) is 41.5 Å². The van der Waals surface area contributed by atoms with E-state index in [4.69, 9.17) is 9.47 Å². The average molecular weight is 316 g/mol. The fourth-order valence-electron chi connectivity index (χ4n) is 2.25. The number of aliphatic hydroxyl groups is 1. The molecule has 22 heavy (non-hydrogen) atoms. The lowest BCUT2D eigenvalue weighted by molar-refractivity contribution is 0.0441. The van der Waals surface area contributed by atoms with E-state index >= 15 is 0 Å². The second-order valence-corrected chi connectivity index (χ2v) is 7.63. The zero-order valence-electron chi connectivity index (χ0n) is 14.2. The third-order valence-electron chi connectivity index (χ3n) is 2.94. The van der Waals surface area contributed by atoms with Crippen molar-refractivity contribution in [1.82, 2.24) is 10.6 Å². The van der Waals surface area contributed by atoms with Crippen LogP contribution in [0.5, 0.6) is 0 Å². The molecule has 0 aliphatic heterocycles. The van der Waals surface area contributed by atoms with Crippen LogP contribution in [0.15, 0.2) is 0 Å². The number of carbonyl (C=O) groups is 2. The normalized spacial score (nSPS) is 25.5. The van der Waals surface area contributed by atoms with Crippen molar-refractivity contribution >= 4 is 12.2 Å². The number of aliphatic hydroxyl groups excluding tert-OH is 1. The van der Waals surface area contributed by atoms with Crippen LogP contribution in [0.25, 0.3) is 0 Å². The number of alkyl carbamates (subject to hydrolysis) is 2. The first-order valence-electron chi connectivity index (χ1n) is 7.53. The lowest BCUT2D eigenvalue weighted by Crippen LogP contribution is -2.50. The fraction of sp³-hybridized carbons (Fsp3) is 0.867. The standard InChI is InChI=1S/C15H28N2O5/c1-14(2,3)21-12(19)16-10-7-9(18)8-11(10)17-13(20)22-15(4,5)6/h9-11,18H,7-8H2,1-6H3,(H,16,19)(H,17,20)/t9?,10-,11+. The first-order chi connectivity index (χ1) is 9.85. The zero-order chi connectivity index (χ0) is 17.1. The van der Waals surface area contributed by atoms with E-state index in [0.717, 1.165) is 0 Å². The van der Waals surface area contributed by atoms with Crippen molar-refractivity contribution < 1.29 is 24.2 Å². The van der Waals surface area contributed by atoms with Crippen LogP contribution in [0.3, 0.4) is 0 Å². The van der Waals surface area contributed by atoms with Gasteiger partial charge in [-0.15, -0.1) is 0 Å². The molecule has 0 aromatic heterocycles. The molecule has 1 fully saturated rings. The van der Waals surface area contributed by atoms with Crippen molar-refractivity contribution in [1.29, 1.82) is 0 Å². The molecule has 0 spiro atoms. The van der Waals surface area contributed by atoms with Crippen LogP contribution >= 0.6 is 0 Å². The molecule has 7 heteroatoms. The number of amides is 2. The Balaban J connectivity index is 2.58. The quantitative estimate of drug-likeness (QED) is 0.723. The maximum Gasteiger partial charge on any atom is 0.407 e. The third-order valence-corrected chi connectivity index (χ3v) is 2.94. The minimum atomic E-state index is -0.602. The Hall–Kier alpha value is -1.50. The largest absolute Gasteiger partial charge is 0.444 e. The van der Waals surface area contributed by atoms with Gasteiger partial charge in [-0.1, -0.05) is 0 Å². The molecule has 1 aliphatic carbocycles. The lowest BCUT2D eigenvalue weighted by Gasteiger charge is -2.26. The van der Waals surface area contributed by atoms with Gasteiger partial charge in [0, 0.05) is 0 Å². The summed E-state index contributed by atoms with van der Waals surface area (Å²) in [5.41, 5.74) is -1.20. The summed E-state index contributed by atoms with van der Waals surface area (Å²) in [5, 5.41) is 15.2. The summed E-state index contributed by atoms with van der Waals surface area (Å²) < 4.78 is 10.4. The van der Waals surface area contributed by atoms with Crippen LogP contribution in [0.2, 0.25) is 0 Å². The maximum absolute atomic E-state index is 11.8. The Kier molecular flexibility index (Phi) is 5.67. The molecule has 0 radical (unpaired) electrons. The van der Waals surface area contributed by atoms with Crippen LogP contribution in [-0.2, 0) is 9.47 Å². The number of rotatable bonds is 2. The summed E-state index contributed by atoms with van der Waals surface area (Å²) in [6.07, 6.45) is -0.996. The molecule has 128 valence electrons. The monoisotopic (exact) mass is 316 g/mol. The predicted octanol–water partition coefficient (Wildman–Crippen LogP) is 1.93. The molecule has 0 saturated heterocycles. The van der Waals surface area contributed by atoms with Crippen molar-refractivity contribution in [3.8, 4) is 0 Å². The van der Waals surface area contributed by atoms with Gasteiger partial charge in [0.1, 0.15) is 11.2 Å². The Bertz CT molecular complexity index is 373. The highest BCUT2D eigenvalue weighted by molar-refractivity contribution is 5.70. The topological polar surface area (TPSA) is 96.9 Å². The van der Waals surface area contributed by atoms with Crippen molar-refractivity contribution in [2.45, 2.75) is 83.8 Å². The van der Waals surface area contributed by atoms with E-state index in [9.17, 15) is 14.7 Å². The Morgan fingerprint density at radius 2 is 1.18 bits per heavy atom. The number of ether oxygens (including phenoxy) is 2. The first kappa shape index (κ1) is 18.5. The van der Waals surface area contributed by atoms with Gasteiger partial charge >= 0.3 is 12.2 Å². The van der Waals surface area contributed by atoms with E-state index in [-0.39, 0.29) is 0 Å². The van der Waals surface area contributed by atoms with Gasteiger partial charge in [-0.3, -0.25) is 0 Å². The van der Waals surface area contributed by atoms with E-state index in [1.807, 2.05) is 0 Å². The van der Waals surface area contributed by atoms with Gasteiger partial charge in [-0.25, -0.2) is 9.59 Å². The summed E-state index contributed by atoms with van der Waals surface area (Å²) in [4.78, 5) is 23.6. The molecule has 7 nitrogen and oxygen atoms in total. The van der Waals surface area contributed by atoms with Crippen molar-refractivity contribution in [2.75, 3.05) is 0 Å². The fourth-order valence-corrected chi connectivity index (χ4v) is 2.25. The van der Waals surface area contributed by atoms with Crippen molar-refractivity contribution in [3.63, 3.8) is 0 Å². The van der Waals surface area contributed by atoms with Crippen molar-refractivity contribution in [3.05, 3.63) is 0 Å². The van der Waals surface area contributed by atoms with Gasteiger partial charge in [-0.05, 0) is 54.4 Å². The van der Waals surface area contributed by atoms with Gasteiger partial charge in [0.15, 0.2) is 0 Å². The van der Waals surface area contributed by atoms with Gasteiger partial charge < -0.3 is 25.2 Å². The molecule has 0 bridgehead atoms. The Morgan fingerprint density at radius 3 is 1.45 bits per heavy atom. The Morgan fingerprint density at radius 1 is 0.864 bits per heavy atom. The zero-order valence-corrected chi connectivity index (χ0v) is 14.2. The van der Waals surface area contributed by atoms with E-state index in [1.165, 1.54) is 0 Å². The summed E-state index contributed by atoms with van der Waals surface area (Å²) >= 11 is 0. The van der Waals surface area contributed by atoms with E-state index < -0.39 is 41.6 Å². The molecular weight excluding hydrogens is 288 g/mol. The molecule has 1 saturated carbocycles. The van der Waals surface area contributed by atoms with Gasteiger partial charge in [0.25, 0.3) is 0 Å². The SMILES string of the molecule is CC(C)(C)OC(=O)N[C@H]1CC(O)C[C@H]1NC(=O)OC(C)(C)C. The predicted molar refractivity (Wildman–Crippen MR) is 81.6 cm³/mol. The molecule has 0 heterocycles. The summed E-state index contributed by atoms with van der Waals surface area (Å²) in [7, 11) is 0. The van der Waals surface area contributed by atoms with E-state index in [0.29, 0.717) is 12.8 Å². The highest BCUT2D eigenvalue weighted by Crippen LogP contribution is 2.21. The number of hydrogen-bond acceptors (Lipinski definition) is 5. The number of carbonyl (C=O) groups excluding carboxylic acids is 2. The van der Waals surface area contributed by atoms with Gasteiger partial charge in [0.05, 0.1) is 18.2 Å². The molecule has 3 N–H and O–H groups in total. The first-order valence-corrected chi connectivity index (χ1v) is 7.53. The second kappa shape index (κ2) is 6.73. The van der Waals surface area contributed by atoms with Crippen LogP contribution < -0.4 is 10.6 Å². The minimum Gasteiger partial charge on any atom is -0.444 e. The maximum atomic E-state index is 11.8. The summed E-state index contributed by atoms with van der Waals surface area (Å²) in [6.45, 7) is 10.6. The van der Waals surface area contributed by atoms with Gasteiger partial charge in [0.2, 0.25) is 0 Å². The highest BCUT2D eigenvalue weighted by atomic mass is 16.6. The highest BCUT2D eigenvalue weighted by Gasteiger charge is 2.37. The van der Waals surface area contributed by atoms with Crippen LogP contribution in [0.1, 0.15) is 54.4 Å². The smallest absolute Gasteiger partial charge is 0.407 e. The number of nitrogens with one attached hydrogen (secondary N) is 2. The van der Waals surface area contributed by atoms with Crippen LogP contribution in [0, 0.1) is 0 Å². The summed E-state index contributed by atoms with van der Waals surface area (Å²) in [6, 6.07) is -0.783. The van der Waals surface area contributed by atoms with Crippen molar-refractivity contribution in [2.24, 2.45) is 0 Å². The third kappa shape index (κ3) is 6.98. The molecule has 1 rings (SSSR count).